The maximum absolute atomic E-state index is 11.9. The van der Waals surface area contributed by atoms with Gasteiger partial charge in [-0.1, -0.05) is 6.07 Å². The van der Waals surface area contributed by atoms with Crippen molar-refractivity contribution in [1.82, 2.24) is 10.2 Å². The number of hydrogen-bond acceptors (Lipinski definition) is 4. The fourth-order valence-electron chi connectivity index (χ4n) is 1.70. The van der Waals surface area contributed by atoms with Gasteiger partial charge in [0.1, 0.15) is 5.54 Å². The molecule has 7 heteroatoms. The van der Waals surface area contributed by atoms with Crippen molar-refractivity contribution < 1.29 is 19.5 Å². The molecule has 0 saturated heterocycles. The number of likely N-dealkylation sites (N-methyl/N-ethyl adjacent to an activating group) is 1. The average Bonchev–Trinajstić information content (AvgIpc) is 2.93. The van der Waals surface area contributed by atoms with E-state index in [4.69, 9.17) is 5.11 Å². The second-order valence-corrected chi connectivity index (χ2v) is 5.52. The summed E-state index contributed by atoms with van der Waals surface area (Å²) < 4.78 is 0. The van der Waals surface area contributed by atoms with Crippen LogP contribution in [0.15, 0.2) is 17.5 Å². The number of carboxylic acids is 1. The number of carbonyl (C=O) groups excluding carboxylic acids is 2. The lowest BCUT2D eigenvalue weighted by molar-refractivity contribution is -0.143. The first-order valence-electron chi connectivity index (χ1n) is 5.78. The van der Waals surface area contributed by atoms with Gasteiger partial charge < -0.3 is 15.3 Å². The molecule has 1 heterocycles. The molecule has 1 aliphatic rings. The van der Waals surface area contributed by atoms with Crippen molar-refractivity contribution in [1.29, 1.82) is 0 Å². The Hall–Kier alpha value is -1.89. The zero-order chi connectivity index (χ0) is 14.0. The number of amides is 2. The molecule has 102 valence electrons. The van der Waals surface area contributed by atoms with Crippen molar-refractivity contribution in [2.24, 2.45) is 0 Å². The number of nitrogens with one attached hydrogen (secondary N) is 1. The number of carboxylic acid groups (broad SMARTS) is 1. The van der Waals surface area contributed by atoms with Crippen LogP contribution < -0.4 is 5.32 Å². The van der Waals surface area contributed by atoms with E-state index in [2.05, 4.69) is 5.32 Å². The third-order valence-electron chi connectivity index (χ3n) is 3.00. The van der Waals surface area contributed by atoms with Crippen LogP contribution in [-0.4, -0.2) is 46.9 Å². The topological polar surface area (TPSA) is 86.7 Å². The van der Waals surface area contributed by atoms with Crippen LogP contribution in [-0.2, 0) is 9.59 Å². The molecular formula is C12H14N2O4S. The van der Waals surface area contributed by atoms with E-state index in [9.17, 15) is 14.4 Å². The summed E-state index contributed by atoms with van der Waals surface area (Å²) in [6.07, 6.45) is 0.882. The van der Waals surface area contributed by atoms with Gasteiger partial charge in [0, 0.05) is 7.05 Å². The van der Waals surface area contributed by atoms with Crippen molar-refractivity contribution in [2.75, 3.05) is 13.6 Å². The number of hydrogen-bond donors (Lipinski definition) is 2. The van der Waals surface area contributed by atoms with E-state index >= 15 is 0 Å². The van der Waals surface area contributed by atoms with Gasteiger partial charge in [-0.2, -0.15) is 0 Å². The number of carbonyl (C=O) groups is 3. The predicted octanol–water partition coefficient (Wildman–Crippen LogP) is 0.554. The van der Waals surface area contributed by atoms with Crippen molar-refractivity contribution in [3.05, 3.63) is 22.4 Å². The van der Waals surface area contributed by atoms with Gasteiger partial charge in [0.25, 0.3) is 5.91 Å². The van der Waals surface area contributed by atoms with Gasteiger partial charge in [-0.05, 0) is 24.3 Å². The number of thiophene rings is 1. The van der Waals surface area contributed by atoms with Gasteiger partial charge >= 0.3 is 5.97 Å². The summed E-state index contributed by atoms with van der Waals surface area (Å²) in [5.74, 6) is -1.72. The predicted molar refractivity (Wildman–Crippen MR) is 69.0 cm³/mol. The molecular weight excluding hydrogens is 268 g/mol. The molecule has 0 unspecified atom stereocenters. The average molecular weight is 282 g/mol. The Morgan fingerprint density at radius 2 is 2.16 bits per heavy atom. The Kier molecular flexibility index (Phi) is 3.57. The first-order valence-corrected chi connectivity index (χ1v) is 6.66. The summed E-state index contributed by atoms with van der Waals surface area (Å²) in [5, 5.41) is 13.2. The second-order valence-electron chi connectivity index (χ2n) is 4.57. The highest BCUT2D eigenvalue weighted by Crippen LogP contribution is 2.35. The smallest absolute Gasteiger partial charge is 0.329 e. The zero-order valence-electron chi connectivity index (χ0n) is 10.4. The van der Waals surface area contributed by atoms with Crippen molar-refractivity contribution in [3.63, 3.8) is 0 Å². The molecule has 19 heavy (non-hydrogen) atoms. The van der Waals surface area contributed by atoms with Gasteiger partial charge in [0.05, 0.1) is 11.4 Å². The quantitative estimate of drug-likeness (QED) is 0.826. The lowest BCUT2D eigenvalue weighted by Crippen LogP contribution is -2.47. The van der Waals surface area contributed by atoms with Gasteiger partial charge in [0.15, 0.2) is 0 Å². The first-order chi connectivity index (χ1) is 8.94. The maximum Gasteiger partial charge on any atom is 0.329 e. The summed E-state index contributed by atoms with van der Waals surface area (Å²) in [6.45, 7) is -0.147. The molecule has 6 nitrogen and oxygen atoms in total. The fraction of sp³-hybridized carbons (Fsp3) is 0.417. The van der Waals surface area contributed by atoms with Crippen LogP contribution in [0.1, 0.15) is 22.5 Å². The van der Waals surface area contributed by atoms with E-state index < -0.39 is 17.4 Å². The third kappa shape index (κ3) is 2.93. The molecule has 1 aromatic heterocycles. The molecule has 0 spiro atoms. The van der Waals surface area contributed by atoms with Crippen molar-refractivity contribution in [2.45, 2.75) is 18.4 Å². The molecule has 0 aliphatic heterocycles. The minimum atomic E-state index is -1.11. The SMILES string of the molecule is CN(CC(=O)NC1(C(=O)O)CC1)C(=O)c1cccs1. The molecule has 1 fully saturated rings. The number of nitrogens with zero attached hydrogens (tertiary/aromatic N) is 1. The number of aliphatic carboxylic acids is 1. The summed E-state index contributed by atoms with van der Waals surface area (Å²) in [7, 11) is 1.52. The molecule has 1 aliphatic carbocycles. The second kappa shape index (κ2) is 5.00. The third-order valence-corrected chi connectivity index (χ3v) is 3.86. The van der Waals surface area contributed by atoms with Crippen molar-refractivity contribution >= 4 is 29.1 Å². The summed E-state index contributed by atoms with van der Waals surface area (Å²) in [4.78, 5) is 36.4. The van der Waals surface area contributed by atoms with E-state index in [1.807, 2.05) is 0 Å². The van der Waals surface area contributed by atoms with Crippen LogP contribution in [0.3, 0.4) is 0 Å². The molecule has 2 rings (SSSR count). The van der Waals surface area contributed by atoms with Gasteiger partial charge in [0.2, 0.25) is 5.91 Å². The molecule has 0 radical (unpaired) electrons. The van der Waals surface area contributed by atoms with Crippen molar-refractivity contribution in [3.8, 4) is 0 Å². The van der Waals surface area contributed by atoms with E-state index in [0.29, 0.717) is 17.7 Å². The highest BCUT2D eigenvalue weighted by Gasteiger charge is 2.51. The van der Waals surface area contributed by atoms with Crippen LogP contribution in [0.2, 0.25) is 0 Å². The Bertz CT molecular complexity index is 508. The summed E-state index contributed by atoms with van der Waals surface area (Å²) in [6, 6.07) is 3.44. The molecule has 0 atom stereocenters. The molecule has 2 N–H and O–H groups in total. The Morgan fingerprint density at radius 1 is 1.47 bits per heavy atom. The van der Waals surface area contributed by atoms with E-state index in [1.54, 1.807) is 17.5 Å². The van der Waals surface area contributed by atoms with Gasteiger partial charge in [-0.25, -0.2) is 4.79 Å². The Balaban J connectivity index is 1.89. The molecule has 1 saturated carbocycles. The normalized spacial score (nSPS) is 15.6. The monoisotopic (exact) mass is 282 g/mol. The maximum atomic E-state index is 11.9. The molecule has 0 bridgehead atoms. The zero-order valence-corrected chi connectivity index (χ0v) is 11.2. The van der Waals surface area contributed by atoms with Crippen LogP contribution in [0.25, 0.3) is 0 Å². The van der Waals surface area contributed by atoms with Gasteiger partial charge in [-0.3, -0.25) is 9.59 Å². The molecule has 2 amide bonds. The van der Waals surface area contributed by atoms with Crippen LogP contribution >= 0.6 is 11.3 Å². The fourth-order valence-corrected chi connectivity index (χ4v) is 2.42. The Labute approximate surface area is 114 Å². The summed E-state index contributed by atoms with van der Waals surface area (Å²) in [5.41, 5.74) is -1.11. The van der Waals surface area contributed by atoms with E-state index in [1.165, 1.54) is 23.3 Å². The molecule has 0 aromatic carbocycles. The van der Waals surface area contributed by atoms with Crippen LogP contribution in [0, 0.1) is 0 Å². The standard InChI is InChI=1S/C12H14N2O4S/c1-14(10(16)8-3-2-6-19-8)7-9(15)13-12(4-5-12)11(17)18/h2-3,6H,4-5,7H2,1H3,(H,13,15)(H,17,18). The summed E-state index contributed by atoms with van der Waals surface area (Å²) >= 11 is 1.30. The highest BCUT2D eigenvalue weighted by molar-refractivity contribution is 7.12. The lowest BCUT2D eigenvalue weighted by atomic mass is 10.2. The Morgan fingerprint density at radius 3 is 2.63 bits per heavy atom. The van der Waals surface area contributed by atoms with E-state index in [-0.39, 0.29) is 12.5 Å². The van der Waals surface area contributed by atoms with Crippen LogP contribution in [0.5, 0.6) is 0 Å². The minimum absolute atomic E-state index is 0.147. The van der Waals surface area contributed by atoms with Crippen LogP contribution in [0.4, 0.5) is 0 Å². The lowest BCUT2D eigenvalue weighted by Gasteiger charge is -2.18. The minimum Gasteiger partial charge on any atom is -0.480 e. The largest absolute Gasteiger partial charge is 0.480 e. The van der Waals surface area contributed by atoms with E-state index in [0.717, 1.165) is 0 Å². The molecule has 1 aromatic rings. The first kappa shape index (κ1) is 13.5. The van der Waals surface area contributed by atoms with Gasteiger partial charge in [-0.15, -0.1) is 11.3 Å². The highest BCUT2D eigenvalue weighted by atomic mass is 32.1. The number of rotatable bonds is 5.